The summed E-state index contributed by atoms with van der Waals surface area (Å²) in [5.41, 5.74) is 1.16. The maximum Gasteiger partial charge on any atom is 0.191 e. The van der Waals surface area contributed by atoms with E-state index in [1.54, 1.807) is 7.05 Å². The van der Waals surface area contributed by atoms with Crippen LogP contribution in [0.5, 0.6) is 5.75 Å². The summed E-state index contributed by atoms with van der Waals surface area (Å²) >= 11 is 0. The molecular formula is C18H29N3O3. The van der Waals surface area contributed by atoms with Crippen molar-refractivity contribution < 1.29 is 14.2 Å². The molecular weight excluding hydrogens is 306 g/mol. The lowest BCUT2D eigenvalue weighted by molar-refractivity contribution is 0.0420. The molecule has 0 aliphatic carbocycles. The molecule has 1 aliphatic heterocycles. The SMILES string of the molecule is CCOc1cccc(CNC(=NC)NCCCOC2CCOC2)c1. The molecule has 0 saturated carbocycles. The Labute approximate surface area is 144 Å². The van der Waals surface area contributed by atoms with Gasteiger partial charge < -0.3 is 24.8 Å². The molecule has 1 aromatic rings. The minimum absolute atomic E-state index is 0.278. The second kappa shape index (κ2) is 10.9. The third-order valence-electron chi connectivity index (χ3n) is 3.75. The molecule has 6 nitrogen and oxygen atoms in total. The third kappa shape index (κ3) is 6.76. The second-order valence-electron chi connectivity index (χ2n) is 5.64. The average Bonchev–Trinajstić information content (AvgIpc) is 3.11. The predicted molar refractivity (Wildman–Crippen MR) is 95.6 cm³/mol. The van der Waals surface area contributed by atoms with E-state index in [9.17, 15) is 0 Å². The van der Waals surface area contributed by atoms with Gasteiger partial charge in [-0.3, -0.25) is 4.99 Å². The minimum atomic E-state index is 0.278. The lowest BCUT2D eigenvalue weighted by Crippen LogP contribution is -2.37. The zero-order valence-corrected chi connectivity index (χ0v) is 14.7. The highest BCUT2D eigenvalue weighted by Crippen LogP contribution is 2.13. The molecule has 6 heteroatoms. The molecule has 0 amide bonds. The van der Waals surface area contributed by atoms with Crippen LogP contribution in [0.4, 0.5) is 0 Å². The van der Waals surface area contributed by atoms with E-state index in [4.69, 9.17) is 14.2 Å². The van der Waals surface area contributed by atoms with E-state index in [1.165, 1.54) is 0 Å². The van der Waals surface area contributed by atoms with Crippen LogP contribution >= 0.6 is 0 Å². The van der Waals surface area contributed by atoms with Crippen LogP contribution in [0.1, 0.15) is 25.3 Å². The van der Waals surface area contributed by atoms with Gasteiger partial charge in [0.1, 0.15) is 5.75 Å². The third-order valence-corrected chi connectivity index (χ3v) is 3.75. The summed E-state index contributed by atoms with van der Waals surface area (Å²) in [5, 5.41) is 6.61. The molecule has 1 heterocycles. The summed E-state index contributed by atoms with van der Waals surface area (Å²) in [6.07, 6.45) is 2.23. The van der Waals surface area contributed by atoms with Crippen LogP contribution in [0.15, 0.2) is 29.3 Å². The summed E-state index contributed by atoms with van der Waals surface area (Å²) in [6.45, 7) is 6.49. The molecule has 1 atom stereocenters. The van der Waals surface area contributed by atoms with Crippen molar-refractivity contribution in [2.45, 2.75) is 32.4 Å². The molecule has 1 aromatic carbocycles. The zero-order chi connectivity index (χ0) is 17.0. The first-order valence-corrected chi connectivity index (χ1v) is 8.67. The standard InChI is InChI=1S/C18H29N3O3/c1-3-23-16-7-4-6-15(12-16)13-21-18(19-2)20-9-5-10-24-17-8-11-22-14-17/h4,6-7,12,17H,3,5,8-11,13-14H2,1-2H3,(H2,19,20,21). The average molecular weight is 335 g/mol. The quantitative estimate of drug-likeness (QED) is 0.410. The Morgan fingerprint density at radius 1 is 1.38 bits per heavy atom. The number of nitrogens with one attached hydrogen (secondary N) is 2. The van der Waals surface area contributed by atoms with E-state index in [2.05, 4.69) is 21.7 Å². The van der Waals surface area contributed by atoms with Crippen molar-refractivity contribution in [3.8, 4) is 5.75 Å². The van der Waals surface area contributed by atoms with Crippen LogP contribution in [-0.4, -0.2) is 52.1 Å². The van der Waals surface area contributed by atoms with E-state index in [-0.39, 0.29) is 6.10 Å². The first-order chi connectivity index (χ1) is 11.8. The summed E-state index contributed by atoms with van der Waals surface area (Å²) in [5.74, 6) is 1.69. The molecule has 1 unspecified atom stereocenters. The Bertz CT molecular complexity index is 502. The van der Waals surface area contributed by atoms with Crippen molar-refractivity contribution in [1.82, 2.24) is 10.6 Å². The Morgan fingerprint density at radius 3 is 3.04 bits per heavy atom. The summed E-state index contributed by atoms with van der Waals surface area (Å²) in [6, 6.07) is 8.08. The van der Waals surface area contributed by atoms with E-state index in [0.717, 1.165) is 56.5 Å². The van der Waals surface area contributed by atoms with Crippen molar-refractivity contribution in [2.24, 2.45) is 4.99 Å². The highest BCUT2D eigenvalue weighted by atomic mass is 16.5. The molecule has 24 heavy (non-hydrogen) atoms. The van der Waals surface area contributed by atoms with Gasteiger partial charge in [-0.15, -0.1) is 0 Å². The molecule has 0 radical (unpaired) electrons. The lowest BCUT2D eigenvalue weighted by Gasteiger charge is -2.13. The van der Waals surface area contributed by atoms with Crippen LogP contribution < -0.4 is 15.4 Å². The largest absolute Gasteiger partial charge is 0.494 e. The number of rotatable bonds is 9. The Morgan fingerprint density at radius 2 is 2.29 bits per heavy atom. The van der Waals surface area contributed by atoms with Gasteiger partial charge in [0.25, 0.3) is 0 Å². The summed E-state index contributed by atoms with van der Waals surface area (Å²) in [7, 11) is 1.78. The fraction of sp³-hybridized carbons (Fsp3) is 0.611. The van der Waals surface area contributed by atoms with Crippen molar-refractivity contribution in [3.63, 3.8) is 0 Å². The molecule has 0 spiro atoms. The molecule has 1 fully saturated rings. The van der Waals surface area contributed by atoms with Gasteiger partial charge in [0.15, 0.2) is 5.96 Å². The van der Waals surface area contributed by atoms with Crippen LogP contribution in [0.25, 0.3) is 0 Å². The Hall–Kier alpha value is -1.79. The van der Waals surface area contributed by atoms with Gasteiger partial charge in [-0.2, -0.15) is 0 Å². The topological polar surface area (TPSA) is 64.1 Å². The highest BCUT2D eigenvalue weighted by Gasteiger charge is 2.15. The fourth-order valence-corrected chi connectivity index (χ4v) is 2.49. The van der Waals surface area contributed by atoms with E-state index in [1.807, 2.05) is 25.1 Å². The van der Waals surface area contributed by atoms with E-state index < -0.39 is 0 Å². The number of nitrogens with zero attached hydrogens (tertiary/aromatic N) is 1. The van der Waals surface area contributed by atoms with Gasteiger partial charge in [0, 0.05) is 33.4 Å². The number of ether oxygens (including phenoxy) is 3. The van der Waals surface area contributed by atoms with Crippen LogP contribution in [0, 0.1) is 0 Å². The molecule has 2 N–H and O–H groups in total. The number of aliphatic imine (C=N–C) groups is 1. The normalized spacial score (nSPS) is 17.8. The first kappa shape index (κ1) is 18.5. The second-order valence-corrected chi connectivity index (χ2v) is 5.64. The van der Waals surface area contributed by atoms with Gasteiger partial charge in [0.2, 0.25) is 0 Å². The molecule has 2 rings (SSSR count). The Kier molecular flexibility index (Phi) is 8.41. The van der Waals surface area contributed by atoms with Crippen molar-refractivity contribution >= 4 is 5.96 Å². The lowest BCUT2D eigenvalue weighted by atomic mass is 10.2. The summed E-state index contributed by atoms with van der Waals surface area (Å²) < 4.78 is 16.6. The van der Waals surface area contributed by atoms with Crippen LogP contribution in [-0.2, 0) is 16.0 Å². The van der Waals surface area contributed by atoms with E-state index >= 15 is 0 Å². The van der Waals surface area contributed by atoms with Gasteiger partial charge in [0.05, 0.1) is 19.3 Å². The minimum Gasteiger partial charge on any atom is -0.494 e. The van der Waals surface area contributed by atoms with Crippen molar-refractivity contribution in [1.29, 1.82) is 0 Å². The first-order valence-electron chi connectivity index (χ1n) is 8.67. The Balaban J connectivity index is 1.62. The predicted octanol–water partition coefficient (Wildman–Crippen LogP) is 1.95. The monoisotopic (exact) mass is 335 g/mol. The van der Waals surface area contributed by atoms with Crippen LogP contribution in [0.2, 0.25) is 0 Å². The van der Waals surface area contributed by atoms with Gasteiger partial charge in [-0.1, -0.05) is 12.1 Å². The maximum atomic E-state index is 5.74. The number of hydrogen-bond acceptors (Lipinski definition) is 4. The van der Waals surface area contributed by atoms with Gasteiger partial charge >= 0.3 is 0 Å². The van der Waals surface area contributed by atoms with Crippen molar-refractivity contribution in [3.05, 3.63) is 29.8 Å². The van der Waals surface area contributed by atoms with Crippen molar-refractivity contribution in [2.75, 3.05) is 40.0 Å². The number of hydrogen-bond donors (Lipinski definition) is 2. The number of benzene rings is 1. The molecule has 0 bridgehead atoms. The zero-order valence-electron chi connectivity index (χ0n) is 14.7. The van der Waals surface area contributed by atoms with E-state index in [0.29, 0.717) is 13.2 Å². The molecule has 1 saturated heterocycles. The van der Waals surface area contributed by atoms with Crippen LogP contribution in [0.3, 0.4) is 0 Å². The molecule has 0 aromatic heterocycles. The summed E-state index contributed by atoms with van der Waals surface area (Å²) in [4.78, 5) is 4.24. The fourth-order valence-electron chi connectivity index (χ4n) is 2.49. The van der Waals surface area contributed by atoms with Gasteiger partial charge in [-0.25, -0.2) is 0 Å². The molecule has 134 valence electrons. The highest BCUT2D eigenvalue weighted by molar-refractivity contribution is 5.79. The van der Waals surface area contributed by atoms with Gasteiger partial charge in [-0.05, 0) is 37.5 Å². The maximum absolute atomic E-state index is 5.74. The molecule has 1 aliphatic rings. The smallest absolute Gasteiger partial charge is 0.191 e. The number of guanidine groups is 1.